The highest BCUT2D eigenvalue weighted by atomic mass is 31.2. The van der Waals surface area contributed by atoms with Gasteiger partial charge in [0.15, 0.2) is 6.10 Å². The minimum atomic E-state index is -4.39. The minimum absolute atomic E-state index is 0.0147. The summed E-state index contributed by atoms with van der Waals surface area (Å²) in [6.45, 7) is 4.05. The van der Waals surface area contributed by atoms with Crippen LogP contribution in [0.4, 0.5) is 0 Å². The highest BCUT2D eigenvalue weighted by molar-refractivity contribution is 7.47. The van der Waals surface area contributed by atoms with E-state index < -0.39 is 32.5 Å². The predicted octanol–water partition coefficient (Wildman–Crippen LogP) is 10.5. The number of hydrogen-bond donors (Lipinski definition) is 2. The Morgan fingerprint density at radius 3 is 1.69 bits per heavy atom. The fourth-order valence-corrected chi connectivity index (χ4v) is 6.02. The molecule has 0 aliphatic rings. The molecule has 0 radical (unpaired) electrons. The first-order chi connectivity index (χ1) is 25.9. The number of phosphoric ester groups is 1. The summed E-state index contributed by atoms with van der Waals surface area (Å²) in [5.74, 6) is -0.884. The lowest BCUT2D eigenvalue weighted by Crippen LogP contribution is -2.37. The lowest BCUT2D eigenvalue weighted by Gasteiger charge is -2.24. The molecule has 314 valence electrons. The molecule has 10 nitrogen and oxygen atoms in total. The van der Waals surface area contributed by atoms with E-state index in [1.807, 2.05) is 34.1 Å². The number of allylic oxidation sites excluding steroid dienone is 8. The number of quaternary nitrogens is 1. The van der Waals surface area contributed by atoms with Gasteiger partial charge < -0.3 is 24.0 Å². The first kappa shape index (κ1) is 51.9. The van der Waals surface area contributed by atoms with Gasteiger partial charge in [-0.3, -0.25) is 18.6 Å². The van der Waals surface area contributed by atoms with Crippen LogP contribution in [0.2, 0.25) is 0 Å². The maximum absolute atomic E-state index is 12.6. The Labute approximate surface area is 329 Å². The van der Waals surface area contributed by atoms with E-state index in [9.17, 15) is 24.2 Å². The molecule has 0 spiro atoms. The predicted molar refractivity (Wildman–Crippen MR) is 221 cm³/mol. The van der Waals surface area contributed by atoms with Crippen molar-refractivity contribution in [2.75, 3.05) is 47.5 Å². The van der Waals surface area contributed by atoms with Gasteiger partial charge in [0.2, 0.25) is 0 Å². The van der Waals surface area contributed by atoms with Gasteiger partial charge in [-0.15, -0.1) is 0 Å². The zero-order valence-corrected chi connectivity index (χ0v) is 35.7. The van der Waals surface area contributed by atoms with Gasteiger partial charge in [0, 0.05) is 12.8 Å². The second kappa shape index (κ2) is 35.4. The molecule has 11 heteroatoms. The number of aliphatic hydroxyl groups excluding tert-OH is 1. The molecule has 54 heavy (non-hydrogen) atoms. The van der Waals surface area contributed by atoms with Crippen LogP contribution >= 0.6 is 7.82 Å². The van der Waals surface area contributed by atoms with Crippen LogP contribution < -0.4 is 0 Å². The van der Waals surface area contributed by atoms with Crippen LogP contribution in [-0.4, -0.2) is 86.1 Å². The molecular weight excluding hydrogens is 705 g/mol. The van der Waals surface area contributed by atoms with Crippen molar-refractivity contribution in [1.29, 1.82) is 0 Å². The van der Waals surface area contributed by atoms with E-state index in [2.05, 4.69) is 49.5 Å². The quantitative estimate of drug-likeness (QED) is 0.0208. The van der Waals surface area contributed by atoms with Crippen LogP contribution in [0, 0.1) is 0 Å². The summed E-state index contributed by atoms with van der Waals surface area (Å²) in [7, 11) is 1.42. The Balaban J connectivity index is 4.51. The Bertz CT molecular complexity index is 1080. The molecular formula is C43H79NO9P+. The van der Waals surface area contributed by atoms with Gasteiger partial charge in [0.05, 0.1) is 33.9 Å². The third-order valence-electron chi connectivity index (χ3n) is 8.78. The number of rotatable bonds is 37. The summed E-state index contributed by atoms with van der Waals surface area (Å²) in [6, 6.07) is 0. The highest BCUT2D eigenvalue weighted by Crippen LogP contribution is 2.43. The highest BCUT2D eigenvalue weighted by Gasteiger charge is 2.27. The van der Waals surface area contributed by atoms with Gasteiger partial charge in [-0.25, -0.2) is 4.57 Å². The van der Waals surface area contributed by atoms with Crippen LogP contribution in [0.3, 0.4) is 0 Å². The number of nitrogens with zero attached hydrogens (tertiary/aromatic N) is 1. The number of unbranched alkanes of at least 4 members (excludes halogenated alkanes) is 12. The number of carbonyl (C=O) groups is 2. The second-order valence-electron chi connectivity index (χ2n) is 15.2. The van der Waals surface area contributed by atoms with Crippen LogP contribution in [-0.2, 0) is 32.7 Å². The molecule has 0 bridgehead atoms. The molecule has 2 N–H and O–H groups in total. The molecule has 0 aliphatic heterocycles. The monoisotopic (exact) mass is 785 g/mol. The molecule has 0 fully saturated rings. The molecule has 0 saturated carbocycles. The van der Waals surface area contributed by atoms with Crippen LogP contribution in [0.25, 0.3) is 0 Å². The molecule has 0 amide bonds. The Morgan fingerprint density at radius 1 is 0.648 bits per heavy atom. The number of hydrogen-bond acceptors (Lipinski definition) is 8. The van der Waals surface area contributed by atoms with E-state index in [0.29, 0.717) is 23.9 Å². The lowest BCUT2D eigenvalue weighted by molar-refractivity contribution is -0.870. The SMILES string of the molecule is CCCCCCCCCCCCCCC(=O)OC[C@H](COP(=O)(O)OCC[N+](C)(C)C)OC(=O)CCC/C=C\C/C=C\C/C=C\C/C=C\CC[C@H](O)CC. The zero-order valence-electron chi connectivity index (χ0n) is 34.8. The average Bonchev–Trinajstić information content (AvgIpc) is 3.12. The molecule has 1 unspecified atom stereocenters. The van der Waals surface area contributed by atoms with Crippen LogP contribution in [0.15, 0.2) is 48.6 Å². The molecule has 0 rings (SSSR count). The van der Waals surface area contributed by atoms with Crippen molar-refractivity contribution in [3.63, 3.8) is 0 Å². The number of esters is 2. The fourth-order valence-electron chi connectivity index (χ4n) is 5.28. The van der Waals surface area contributed by atoms with Gasteiger partial charge in [-0.05, 0) is 57.8 Å². The third kappa shape index (κ3) is 38.2. The molecule has 0 aromatic heterocycles. The van der Waals surface area contributed by atoms with Crippen molar-refractivity contribution in [2.45, 2.75) is 167 Å². The first-order valence-corrected chi connectivity index (χ1v) is 22.4. The van der Waals surface area contributed by atoms with Crippen molar-refractivity contribution in [3.8, 4) is 0 Å². The van der Waals surface area contributed by atoms with Gasteiger partial charge in [-0.1, -0.05) is 133 Å². The Hall–Kier alpha value is -2.07. The van der Waals surface area contributed by atoms with Crippen LogP contribution in [0.1, 0.15) is 155 Å². The minimum Gasteiger partial charge on any atom is -0.462 e. The Morgan fingerprint density at radius 2 is 1.15 bits per heavy atom. The summed E-state index contributed by atoms with van der Waals surface area (Å²) >= 11 is 0. The van der Waals surface area contributed by atoms with E-state index in [1.54, 1.807) is 0 Å². The average molecular weight is 785 g/mol. The maximum Gasteiger partial charge on any atom is 0.472 e. The summed E-state index contributed by atoms with van der Waals surface area (Å²) in [5.41, 5.74) is 0. The van der Waals surface area contributed by atoms with Crippen molar-refractivity contribution >= 4 is 19.8 Å². The van der Waals surface area contributed by atoms with E-state index in [1.165, 1.54) is 57.8 Å². The molecule has 0 aromatic carbocycles. The van der Waals surface area contributed by atoms with Gasteiger partial charge in [-0.2, -0.15) is 0 Å². The zero-order chi connectivity index (χ0) is 40.2. The maximum atomic E-state index is 12.6. The second-order valence-corrected chi connectivity index (χ2v) is 16.6. The van der Waals surface area contributed by atoms with Crippen molar-refractivity contribution in [3.05, 3.63) is 48.6 Å². The van der Waals surface area contributed by atoms with E-state index in [-0.39, 0.29) is 32.2 Å². The van der Waals surface area contributed by atoms with Gasteiger partial charge in [0.25, 0.3) is 0 Å². The largest absolute Gasteiger partial charge is 0.472 e. The lowest BCUT2D eigenvalue weighted by atomic mass is 10.0. The smallest absolute Gasteiger partial charge is 0.462 e. The standard InChI is InChI=1S/C43H78NO9P/c1-6-8-9-10-11-12-13-19-22-25-28-31-34-42(46)50-38-41(39-52-54(48,49)51-37-36-44(3,4)5)53-43(47)35-32-29-26-23-20-17-15-14-16-18-21-24-27-30-33-40(45)7-2/h15-18,23-24,26-27,40-41,45H,6-14,19-22,25,28-39H2,1-5H3/p+1/b17-15-,18-16-,26-23-,27-24-/t40-,41-/m1/s1. The third-order valence-corrected chi connectivity index (χ3v) is 9.76. The first-order valence-electron chi connectivity index (χ1n) is 20.9. The number of carbonyl (C=O) groups excluding carboxylic acids is 2. The summed E-state index contributed by atoms with van der Waals surface area (Å²) in [5, 5.41) is 9.56. The molecule has 0 saturated heterocycles. The Kier molecular flexibility index (Phi) is 34.0. The fraction of sp³-hybridized carbons (Fsp3) is 0.767. The van der Waals surface area contributed by atoms with Crippen molar-refractivity contribution < 1.29 is 47.2 Å². The molecule has 0 aromatic rings. The number of aliphatic hydroxyl groups is 1. The van der Waals surface area contributed by atoms with Gasteiger partial charge in [0.1, 0.15) is 19.8 Å². The number of phosphoric acid groups is 1. The van der Waals surface area contributed by atoms with Crippen LogP contribution in [0.5, 0.6) is 0 Å². The number of likely N-dealkylation sites (N-methyl/N-ethyl adjacent to an activating group) is 1. The van der Waals surface area contributed by atoms with Crippen molar-refractivity contribution in [2.24, 2.45) is 0 Å². The summed E-state index contributed by atoms with van der Waals surface area (Å²) in [6.07, 6.45) is 36.8. The van der Waals surface area contributed by atoms with Crippen molar-refractivity contribution in [1.82, 2.24) is 0 Å². The molecule has 0 heterocycles. The number of ether oxygens (including phenoxy) is 2. The van der Waals surface area contributed by atoms with E-state index in [4.69, 9.17) is 18.5 Å². The normalized spacial score (nSPS) is 14.7. The van der Waals surface area contributed by atoms with Gasteiger partial charge >= 0.3 is 19.8 Å². The summed E-state index contributed by atoms with van der Waals surface area (Å²) in [4.78, 5) is 35.2. The molecule has 0 aliphatic carbocycles. The topological polar surface area (TPSA) is 129 Å². The molecule has 3 atom stereocenters. The van der Waals surface area contributed by atoms with E-state index >= 15 is 0 Å². The van der Waals surface area contributed by atoms with E-state index in [0.717, 1.165) is 57.8 Å². The summed E-state index contributed by atoms with van der Waals surface area (Å²) < 4.78 is 34.1.